The average molecular weight is 290 g/mol. The van der Waals surface area contributed by atoms with Crippen molar-refractivity contribution in [2.24, 2.45) is 5.73 Å². The van der Waals surface area contributed by atoms with E-state index in [0.29, 0.717) is 0 Å². The quantitative estimate of drug-likeness (QED) is 0.867. The van der Waals surface area contributed by atoms with E-state index in [0.717, 1.165) is 12.1 Å². The van der Waals surface area contributed by atoms with E-state index in [-0.39, 0.29) is 23.7 Å². The third-order valence-corrected chi connectivity index (χ3v) is 2.00. The summed E-state index contributed by atoms with van der Waals surface area (Å²) >= 11 is 0. The lowest BCUT2D eigenvalue weighted by molar-refractivity contribution is -0.274. The summed E-state index contributed by atoms with van der Waals surface area (Å²) in [6.45, 7) is -0.911. The summed E-state index contributed by atoms with van der Waals surface area (Å²) < 4.78 is 56.9. The maximum absolute atomic E-state index is 12.4. The molecule has 2 N–H and O–H groups in total. The first kappa shape index (κ1) is 16.8. The third-order valence-electron chi connectivity index (χ3n) is 2.00. The van der Waals surface area contributed by atoms with Gasteiger partial charge in [-0.25, -0.2) is 4.39 Å². The summed E-state index contributed by atoms with van der Waals surface area (Å²) in [4.78, 5) is 0. The predicted octanol–water partition coefficient (Wildman–Crippen LogP) is 2.98. The smallest absolute Gasteiger partial charge is 0.496 e. The molecule has 0 radical (unpaired) electrons. The van der Waals surface area contributed by atoms with Gasteiger partial charge in [-0.15, -0.1) is 25.6 Å². The summed E-state index contributed by atoms with van der Waals surface area (Å²) in [6.07, 6.45) is -4.80. The Morgan fingerprint density at radius 2 is 1.94 bits per heavy atom. The van der Waals surface area contributed by atoms with E-state index in [4.69, 9.17) is 10.5 Å². The van der Waals surface area contributed by atoms with Crippen molar-refractivity contribution in [3.8, 4) is 11.5 Å². The number of halogens is 5. The van der Waals surface area contributed by atoms with E-state index in [1.807, 2.05) is 0 Å². The second kappa shape index (κ2) is 6.65. The normalized spacial score (nSPS) is 12.6. The minimum atomic E-state index is -4.80. The van der Waals surface area contributed by atoms with Gasteiger partial charge < -0.3 is 15.2 Å². The van der Waals surface area contributed by atoms with Crippen LogP contribution in [0, 0.1) is 0 Å². The highest BCUT2D eigenvalue weighted by Crippen LogP contribution is 2.31. The Morgan fingerprint density at radius 1 is 1.33 bits per heavy atom. The van der Waals surface area contributed by atoms with Crippen LogP contribution >= 0.6 is 12.4 Å². The van der Waals surface area contributed by atoms with Crippen molar-refractivity contribution in [3.63, 3.8) is 0 Å². The molecule has 0 bridgehead atoms. The van der Waals surface area contributed by atoms with Gasteiger partial charge in [-0.05, 0) is 18.2 Å². The molecular formula is C10H12ClF4NO2. The number of rotatable bonds is 4. The van der Waals surface area contributed by atoms with Crippen LogP contribution < -0.4 is 15.2 Å². The van der Waals surface area contributed by atoms with Crippen LogP contribution in [0.1, 0.15) is 11.6 Å². The molecule has 104 valence electrons. The molecule has 18 heavy (non-hydrogen) atoms. The minimum absolute atomic E-state index is 0. The van der Waals surface area contributed by atoms with Crippen LogP contribution in [-0.2, 0) is 0 Å². The Morgan fingerprint density at radius 3 is 2.39 bits per heavy atom. The van der Waals surface area contributed by atoms with E-state index < -0.39 is 24.8 Å². The Labute approximate surface area is 107 Å². The largest absolute Gasteiger partial charge is 0.573 e. The van der Waals surface area contributed by atoms with Gasteiger partial charge in [-0.2, -0.15) is 0 Å². The van der Waals surface area contributed by atoms with E-state index >= 15 is 0 Å². The predicted molar refractivity (Wildman–Crippen MR) is 59.8 cm³/mol. The van der Waals surface area contributed by atoms with Gasteiger partial charge in [0.25, 0.3) is 0 Å². The fraction of sp³-hybridized carbons (Fsp3) is 0.400. The van der Waals surface area contributed by atoms with Crippen LogP contribution in [0.4, 0.5) is 17.6 Å². The summed E-state index contributed by atoms with van der Waals surface area (Å²) in [5.41, 5.74) is 5.53. The molecule has 1 aromatic carbocycles. The molecular weight excluding hydrogens is 278 g/mol. The van der Waals surface area contributed by atoms with Gasteiger partial charge in [0.1, 0.15) is 18.2 Å². The second-order valence-corrected chi connectivity index (χ2v) is 3.21. The van der Waals surface area contributed by atoms with Crippen molar-refractivity contribution >= 4 is 12.4 Å². The zero-order chi connectivity index (χ0) is 13.1. The maximum atomic E-state index is 12.4. The summed E-state index contributed by atoms with van der Waals surface area (Å²) in [5, 5.41) is 0. The molecule has 0 aliphatic rings. The molecule has 0 heterocycles. The molecule has 0 unspecified atom stereocenters. The fourth-order valence-corrected chi connectivity index (χ4v) is 1.28. The van der Waals surface area contributed by atoms with Crippen LogP contribution in [0.2, 0.25) is 0 Å². The van der Waals surface area contributed by atoms with Crippen LogP contribution in [0.25, 0.3) is 0 Å². The fourth-order valence-electron chi connectivity index (χ4n) is 1.28. The highest BCUT2D eigenvalue weighted by atomic mass is 35.5. The van der Waals surface area contributed by atoms with Gasteiger partial charge in [0.05, 0.1) is 13.2 Å². The average Bonchev–Trinajstić information content (AvgIpc) is 2.25. The third kappa shape index (κ3) is 4.58. The van der Waals surface area contributed by atoms with Crippen molar-refractivity contribution in [3.05, 3.63) is 23.8 Å². The highest BCUT2D eigenvalue weighted by molar-refractivity contribution is 5.85. The highest BCUT2D eigenvalue weighted by Gasteiger charge is 2.31. The van der Waals surface area contributed by atoms with Crippen molar-refractivity contribution in [2.75, 3.05) is 13.8 Å². The first-order valence-electron chi connectivity index (χ1n) is 4.62. The number of benzene rings is 1. The number of nitrogens with two attached hydrogens (primary N) is 1. The first-order valence-corrected chi connectivity index (χ1v) is 4.62. The Bertz CT molecular complexity index is 387. The van der Waals surface area contributed by atoms with Crippen LogP contribution in [0.15, 0.2) is 18.2 Å². The molecule has 0 fully saturated rings. The van der Waals surface area contributed by atoms with Crippen LogP contribution in [0.5, 0.6) is 11.5 Å². The van der Waals surface area contributed by atoms with Crippen molar-refractivity contribution < 1.29 is 27.0 Å². The topological polar surface area (TPSA) is 44.5 Å². The van der Waals surface area contributed by atoms with Gasteiger partial charge in [0.15, 0.2) is 0 Å². The van der Waals surface area contributed by atoms with Gasteiger partial charge in [-0.1, -0.05) is 0 Å². The zero-order valence-electron chi connectivity index (χ0n) is 9.33. The van der Waals surface area contributed by atoms with E-state index in [1.165, 1.54) is 13.2 Å². The van der Waals surface area contributed by atoms with Crippen LogP contribution in [0.3, 0.4) is 0 Å². The lowest BCUT2D eigenvalue weighted by Crippen LogP contribution is -2.18. The standard InChI is InChI=1S/C10H11F4NO2.ClH/c1-16-9-3-2-6(17-10(12,13)14)4-7(9)8(15)5-11;/h2-4,8H,5,15H2,1H3;1H/t8-;/m0./s1. The molecule has 8 heteroatoms. The molecule has 1 atom stereocenters. The van der Waals surface area contributed by atoms with E-state index in [2.05, 4.69) is 4.74 Å². The molecule has 0 aromatic heterocycles. The number of alkyl halides is 4. The van der Waals surface area contributed by atoms with Gasteiger partial charge in [-0.3, -0.25) is 0 Å². The van der Waals surface area contributed by atoms with Crippen molar-refractivity contribution in [2.45, 2.75) is 12.4 Å². The summed E-state index contributed by atoms with van der Waals surface area (Å²) in [5.74, 6) is -0.248. The van der Waals surface area contributed by atoms with E-state index in [1.54, 1.807) is 0 Å². The number of hydrogen-bond donors (Lipinski definition) is 1. The molecule has 0 saturated heterocycles. The Hall–Kier alpha value is -1.21. The number of hydrogen-bond acceptors (Lipinski definition) is 3. The van der Waals surface area contributed by atoms with Gasteiger partial charge >= 0.3 is 6.36 Å². The molecule has 0 aliphatic heterocycles. The zero-order valence-corrected chi connectivity index (χ0v) is 10.1. The SMILES string of the molecule is COc1ccc(OC(F)(F)F)cc1[C@@H](N)CF.Cl. The van der Waals surface area contributed by atoms with Crippen LogP contribution in [-0.4, -0.2) is 20.1 Å². The van der Waals surface area contributed by atoms with Crippen molar-refractivity contribution in [1.82, 2.24) is 0 Å². The summed E-state index contributed by atoms with van der Waals surface area (Å²) in [6, 6.07) is 2.27. The van der Waals surface area contributed by atoms with E-state index in [9.17, 15) is 17.6 Å². The molecule has 0 aliphatic carbocycles. The maximum Gasteiger partial charge on any atom is 0.573 e. The lowest BCUT2D eigenvalue weighted by atomic mass is 10.1. The lowest BCUT2D eigenvalue weighted by Gasteiger charge is -2.15. The number of methoxy groups -OCH3 is 1. The minimum Gasteiger partial charge on any atom is -0.496 e. The molecule has 1 aromatic rings. The number of ether oxygens (including phenoxy) is 2. The second-order valence-electron chi connectivity index (χ2n) is 3.21. The molecule has 0 amide bonds. The monoisotopic (exact) mass is 289 g/mol. The molecule has 0 saturated carbocycles. The van der Waals surface area contributed by atoms with Gasteiger partial charge in [0.2, 0.25) is 0 Å². The Kier molecular flexibility index (Phi) is 6.20. The van der Waals surface area contributed by atoms with Crippen molar-refractivity contribution in [1.29, 1.82) is 0 Å². The van der Waals surface area contributed by atoms with Gasteiger partial charge in [0, 0.05) is 5.56 Å². The summed E-state index contributed by atoms with van der Waals surface area (Å²) in [7, 11) is 1.31. The Balaban J connectivity index is 0.00000289. The molecule has 1 rings (SSSR count). The molecule has 3 nitrogen and oxygen atoms in total. The molecule has 0 spiro atoms. The first-order chi connectivity index (χ1) is 7.87.